The first kappa shape index (κ1) is 23.5. The molecule has 0 saturated heterocycles. The van der Waals surface area contributed by atoms with E-state index in [1.54, 1.807) is 43.2 Å². The second-order valence-electron chi connectivity index (χ2n) is 8.70. The zero-order valence-electron chi connectivity index (χ0n) is 20.0. The maximum Gasteiger partial charge on any atom is 0.435 e. The lowest BCUT2D eigenvalue weighted by Gasteiger charge is -2.08. The van der Waals surface area contributed by atoms with Gasteiger partial charge >= 0.3 is 6.18 Å². The van der Waals surface area contributed by atoms with E-state index in [1.807, 2.05) is 26.0 Å². The van der Waals surface area contributed by atoms with E-state index in [1.165, 1.54) is 4.68 Å². The maximum absolute atomic E-state index is 13.0. The molecule has 5 rings (SSSR count). The Bertz CT molecular complexity index is 1530. The fraction of sp³-hybridized carbons (Fsp3) is 0.292. The number of halogens is 3. The van der Waals surface area contributed by atoms with Crippen LogP contribution in [0.1, 0.15) is 42.4 Å². The molecule has 0 fully saturated rings. The Morgan fingerprint density at radius 3 is 2.50 bits per heavy atom. The molecule has 0 amide bonds. The number of hydrogen-bond donors (Lipinski definition) is 1. The Morgan fingerprint density at radius 2 is 1.86 bits per heavy atom. The fourth-order valence-corrected chi connectivity index (χ4v) is 3.98. The van der Waals surface area contributed by atoms with Crippen LogP contribution < -0.4 is 4.74 Å². The van der Waals surface area contributed by atoms with Crippen LogP contribution in [0.3, 0.4) is 0 Å². The highest BCUT2D eigenvalue weighted by molar-refractivity contribution is 5.76. The number of hydrogen-bond acceptors (Lipinski definition) is 6. The Morgan fingerprint density at radius 1 is 1.11 bits per heavy atom. The van der Waals surface area contributed by atoms with Crippen LogP contribution in [0.25, 0.3) is 28.2 Å². The van der Waals surface area contributed by atoms with Crippen molar-refractivity contribution in [2.24, 2.45) is 0 Å². The van der Waals surface area contributed by atoms with Gasteiger partial charge in [0, 0.05) is 11.9 Å². The first-order valence-electron chi connectivity index (χ1n) is 11.2. The molecule has 1 N–H and O–H groups in total. The van der Waals surface area contributed by atoms with Gasteiger partial charge in [-0.25, -0.2) is 19.3 Å². The Labute approximate surface area is 204 Å². The van der Waals surface area contributed by atoms with Crippen molar-refractivity contribution in [3.05, 3.63) is 65.4 Å². The summed E-state index contributed by atoms with van der Waals surface area (Å²) in [5, 5.41) is 16.3. The number of methoxy groups -OCH3 is 1. The van der Waals surface area contributed by atoms with Crippen LogP contribution in [0, 0.1) is 6.92 Å². The minimum Gasteiger partial charge on any atom is -0.492 e. The summed E-state index contributed by atoms with van der Waals surface area (Å²) in [6.45, 7) is 6.06. The topological polar surface area (TPSA) is 99.3 Å². The van der Waals surface area contributed by atoms with Crippen molar-refractivity contribution in [1.29, 1.82) is 0 Å². The van der Waals surface area contributed by atoms with Gasteiger partial charge < -0.3 is 4.74 Å². The number of aromatic nitrogens is 8. The number of H-pyrrole nitrogens is 1. The third kappa shape index (κ3) is 4.18. The summed E-state index contributed by atoms with van der Waals surface area (Å²) in [5.41, 5.74) is 2.91. The number of aryl methyl sites for hydroxylation is 1. The Kier molecular flexibility index (Phi) is 5.73. The minimum atomic E-state index is -4.49. The molecule has 0 atom stereocenters. The van der Waals surface area contributed by atoms with Crippen molar-refractivity contribution in [3.63, 3.8) is 0 Å². The molecule has 0 spiro atoms. The zero-order valence-corrected chi connectivity index (χ0v) is 20.0. The lowest BCUT2D eigenvalue weighted by atomic mass is 10.1. The molecule has 0 aliphatic carbocycles. The van der Waals surface area contributed by atoms with E-state index in [0.29, 0.717) is 40.8 Å². The highest BCUT2D eigenvalue weighted by atomic mass is 19.4. The number of nitrogens with one attached hydrogen (secondary N) is 1. The third-order valence-corrected chi connectivity index (χ3v) is 5.81. The number of rotatable bonds is 6. The van der Waals surface area contributed by atoms with Gasteiger partial charge in [0.2, 0.25) is 0 Å². The number of aromatic amines is 1. The number of fused-ring (bicyclic) bond motifs is 1. The van der Waals surface area contributed by atoms with E-state index in [2.05, 4.69) is 25.4 Å². The van der Waals surface area contributed by atoms with Crippen LogP contribution in [0.5, 0.6) is 5.75 Å². The van der Waals surface area contributed by atoms with Gasteiger partial charge in [0.05, 0.1) is 36.6 Å². The Balaban J connectivity index is 1.43. The van der Waals surface area contributed by atoms with E-state index >= 15 is 0 Å². The van der Waals surface area contributed by atoms with E-state index in [4.69, 9.17) is 9.72 Å². The molecule has 0 aliphatic heterocycles. The molecule has 186 valence electrons. The smallest absolute Gasteiger partial charge is 0.435 e. The molecule has 5 aromatic rings. The van der Waals surface area contributed by atoms with Crippen molar-refractivity contribution in [3.8, 4) is 23.0 Å². The van der Waals surface area contributed by atoms with Crippen LogP contribution in [-0.2, 0) is 12.7 Å². The second kappa shape index (κ2) is 8.77. The first-order chi connectivity index (χ1) is 17.2. The number of ether oxygens (including phenoxy) is 1. The quantitative estimate of drug-likeness (QED) is 0.359. The lowest BCUT2D eigenvalue weighted by molar-refractivity contribution is -0.141. The molecule has 0 radical (unpaired) electrons. The van der Waals surface area contributed by atoms with Gasteiger partial charge in [-0.15, -0.1) is 0 Å². The van der Waals surface area contributed by atoms with Gasteiger partial charge in [-0.2, -0.15) is 28.5 Å². The lowest BCUT2D eigenvalue weighted by Crippen LogP contribution is -2.07. The van der Waals surface area contributed by atoms with Crippen LogP contribution in [0.2, 0.25) is 0 Å². The van der Waals surface area contributed by atoms with Crippen LogP contribution >= 0.6 is 0 Å². The van der Waals surface area contributed by atoms with Gasteiger partial charge in [-0.05, 0) is 36.6 Å². The van der Waals surface area contributed by atoms with E-state index < -0.39 is 11.9 Å². The summed E-state index contributed by atoms with van der Waals surface area (Å²) in [5.74, 6) is 1.20. The highest BCUT2D eigenvalue weighted by Gasteiger charge is 2.34. The molecule has 0 bridgehead atoms. The van der Waals surface area contributed by atoms with Gasteiger partial charge in [0.15, 0.2) is 28.6 Å². The summed E-state index contributed by atoms with van der Waals surface area (Å²) >= 11 is 0. The summed E-state index contributed by atoms with van der Waals surface area (Å²) < 4.78 is 47.6. The van der Waals surface area contributed by atoms with Gasteiger partial charge in [0.1, 0.15) is 0 Å². The molecular formula is C24H23F3N8O. The predicted octanol–water partition coefficient (Wildman–Crippen LogP) is 4.91. The summed E-state index contributed by atoms with van der Waals surface area (Å²) in [7, 11) is 1.58. The van der Waals surface area contributed by atoms with Crippen molar-refractivity contribution in [1.82, 2.24) is 39.7 Å². The molecular weight excluding hydrogens is 473 g/mol. The monoisotopic (exact) mass is 496 g/mol. The van der Waals surface area contributed by atoms with Gasteiger partial charge in [-0.1, -0.05) is 26.0 Å². The predicted molar refractivity (Wildman–Crippen MR) is 126 cm³/mol. The molecule has 0 unspecified atom stereocenters. The second-order valence-corrected chi connectivity index (χ2v) is 8.70. The van der Waals surface area contributed by atoms with Gasteiger partial charge in [-0.3, -0.25) is 5.10 Å². The molecule has 1 aromatic carbocycles. The molecule has 9 nitrogen and oxygen atoms in total. The molecule has 0 saturated carbocycles. The summed E-state index contributed by atoms with van der Waals surface area (Å²) in [6, 6.07) is 8.13. The largest absolute Gasteiger partial charge is 0.492 e. The average molecular weight is 496 g/mol. The molecule has 12 heteroatoms. The van der Waals surface area contributed by atoms with Crippen LogP contribution in [-0.4, -0.2) is 46.8 Å². The van der Waals surface area contributed by atoms with Crippen molar-refractivity contribution >= 4 is 11.0 Å². The molecule has 0 aliphatic rings. The van der Waals surface area contributed by atoms with Crippen molar-refractivity contribution in [2.75, 3.05) is 7.11 Å². The zero-order chi connectivity index (χ0) is 25.6. The highest BCUT2D eigenvalue weighted by Crippen LogP contribution is 2.33. The number of alkyl halides is 3. The summed E-state index contributed by atoms with van der Waals surface area (Å²) in [4.78, 5) is 9.13. The molecule has 4 heterocycles. The SMILES string of the molecule is COc1c(-c2ncc3cnn(Cc4ccc(-n5nc(C(F)(F)F)cc5C)cc4)c3n2)n[nH]c1C(C)C. The van der Waals surface area contributed by atoms with E-state index in [0.717, 1.165) is 22.7 Å². The first-order valence-corrected chi connectivity index (χ1v) is 11.2. The van der Waals surface area contributed by atoms with Crippen LogP contribution in [0.15, 0.2) is 42.7 Å². The Hall–Kier alpha value is -4.22. The van der Waals surface area contributed by atoms with E-state index in [9.17, 15) is 13.2 Å². The molecule has 36 heavy (non-hydrogen) atoms. The molecule has 4 aromatic heterocycles. The van der Waals surface area contributed by atoms with Gasteiger partial charge in [0.25, 0.3) is 0 Å². The minimum absolute atomic E-state index is 0.184. The van der Waals surface area contributed by atoms with Crippen LogP contribution in [0.4, 0.5) is 13.2 Å². The maximum atomic E-state index is 13.0. The summed E-state index contributed by atoms with van der Waals surface area (Å²) in [6.07, 6.45) is -1.12. The standard InChI is InChI=1S/C24H23F3N8O/c1-13(2)19-21(36-4)20(32-31-19)22-28-10-16-11-29-34(23(16)30-22)12-15-5-7-17(8-6-15)35-14(3)9-18(33-35)24(25,26)27/h5-11,13H,12H2,1-4H3,(H,31,32). The fourth-order valence-electron chi connectivity index (χ4n) is 3.98. The third-order valence-electron chi connectivity index (χ3n) is 5.81. The number of nitrogens with zero attached hydrogens (tertiary/aromatic N) is 7. The van der Waals surface area contributed by atoms with Crippen molar-refractivity contribution < 1.29 is 17.9 Å². The number of benzene rings is 1. The van der Waals surface area contributed by atoms with E-state index in [-0.39, 0.29) is 5.92 Å². The normalized spacial score (nSPS) is 12.1. The average Bonchev–Trinajstić information content (AvgIpc) is 3.55. The van der Waals surface area contributed by atoms with Crippen molar-refractivity contribution in [2.45, 2.75) is 39.4 Å².